The predicted molar refractivity (Wildman–Crippen MR) is 66.9 cm³/mol. The van der Waals surface area contributed by atoms with Gasteiger partial charge in [-0.05, 0) is 6.42 Å². The average Bonchev–Trinajstić information content (AvgIpc) is 2.37. The zero-order valence-electron chi connectivity index (χ0n) is 9.60. The number of nitrogens with one attached hydrogen (secondary N) is 2. The Labute approximate surface area is 98.9 Å². The van der Waals surface area contributed by atoms with Gasteiger partial charge in [0, 0.05) is 12.1 Å². The molecule has 1 aromatic carbocycles. The molecule has 2 rings (SSSR count). The summed E-state index contributed by atoms with van der Waals surface area (Å²) < 4.78 is 0. The predicted octanol–water partition coefficient (Wildman–Crippen LogP) is 1.65. The molecule has 0 radical (unpaired) electrons. The van der Waals surface area contributed by atoms with E-state index in [4.69, 9.17) is 0 Å². The highest BCUT2D eigenvalue weighted by molar-refractivity contribution is 5.57. The molecule has 2 N–H and O–H groups in total. The third-order valence-electron chi connectivity index (χ3n) is 2.29. The van der Waals surface area contributed by atoms with Crippen LogP contribution < -0.4 is 10.9 Å². The van der Waals surface area contributed by atoms with E-state index in [1.54, 1.807) is 0 Å². The Morgan fingerprint density at radius 2 is 2.00 bits per heavy atom. The number of anilines is 1. The summed E-state index contributed by atoms with van der Waals surface area (Å²) >= 11 is 0. The van der Waals surface area contributed by atoms with Crippen molar-refractivity contribution in [2.45, 2.75) is 13.3 Å². The normalized spacial score (nSPS) is 10.2. The summed E-state index contributed by atoms with van der Waals surface area (Å²) in [5.41, 5.74) is 0.876. The van der Waals surface area contributed by atoms with E-state index in [1.165, 1.54) is 0 Å². The highest BCUT2D eigenvalue weighted by atomic mass is 16.1. The van der Waals surface area contributed by atoms with Gasteiger partial charge in [0.2, 0.25) is 5.95 Å². The van der Waals surface area contributed by atoms with Gasteiger partial charge in [0.05, 0.1) is 0 Å². The van der Waals surface area contributed by atoms with Crippen molar-refractivity contribution in [3.63, 3.8) is 0 Å². The second-order valence-corrected chi connectivity index (χ2v) is 3.64. The number of hydrogen-bond acceptors (Lipinski definition) is 4. The maximum atomic E-state index is 11.8. The van der Waals surface area contributed by atoms with Crippen molar-refractivity contribution in [1.82, 2.24) is 15.2 Å². The minimum atomic E-state index is -0.232. The zero-order chi connectivity index (χ0) is 12.1. The second-order valence-electron chi connectivity index (χ2n) is 3.64. The van der Waals surface area contributed by atoms with Crippen LogP contribution in [0.15, 0.2) is 35.1 Å². The van der Waals surface area contributed by atoms with Gasteiger partial charge in [0.25, 0.3) is 5.56 Å². The van der Waals surface area contributed by atoms with Crippen molar-refractivity contribution in [2.75, 3.05) is 11.9 Å². The fraction of sp³-hybridized carbons (Fsp3) is 0.250. The molecular weight excluding hydrogens is 216 g/mol. The van der Waals surface area contributed by atoms with Gasteiger partial charge < -0.3 is 5.32 Å². The van der Waals surface area contributed by atoms with E-state index in [0.717, 1.165) is 18.5 Å². The molecule has 0 saturated carbocycles. The van der Waals surface area contributed by atoms with Gasteiger partial charge in [0.1, 0.15) is 0 Å². The van der Waals surface area contributed by atoms with Gasteiger partial charge in [-0.3, -0.25) is 9.78 Å². The van der Waals surface area contributed by atoms with Crippen LogP contribution in [0.25, 0.3) is 11.3 Å². The Morgan fingerprint density at radius 3 is 2.65 bits per heavy atom. The monoisotopic (exact) mass is 230 g/mol. The number of aromatic nitrogens is 3. The maximum absolute atomic E-state index is 11.8. The highest BCUT2D eigenvalue weighted by Gasteiger charge is 2.06. The number of rotatable bonds is 4. The summed E-state index contributed by atoms with van der Waals surface area (Å²) in [6.07, 6.45) is 0.962. The van der Waals surface area contributed by atoms with Crippen LogP contribution in [0.4, 0.5) is 5.95 Å². The minimum Gasteiger partial charge on any atom is -0.354 e. The first-order valence-electron chi connectivity index (χ1n) is 5.57. The first kappa shape index (κ1) is 11.3. The van der Waals surface area contributed by atoms with Crippen molar-refractivity contribution >= 4 is 5.95 Å². The average molecular weight is 230 g/mol. The van der Waals surface area contributed by atoms with Gasteiger partial charge >= 0.3 is 0 Å². The number of nitrogens with zero attached hydrogens (tertiary/aromatic N) is 2. The molecule has 0 fully saturated rings. The van der Waals surface area contributed by atoms with Crippen LogP contribution in [0.1, 0.15) is 13.3 Å². The van der Waals surface area contributed by atoms with Gasteiger partial charge in [-0.25, -0.2) is 0 Å². The Morgan fingerprint density at radius 1 is 1.24 bits per heavy atom. The van der Waals surface area contributed by atoms with Gasteiger partial charge in [-0.2, -0.15) is 0 Å². The van der Waals surface area contributed by atoms with Crippen molar-refractivity contribution in [3.8, 4) is 11.3 Å². The van der Waals surface area contributed by atoms with Gasteiger partial charge in [-0.15, -0.1) is 10.2 Å². The fourth-order valence-corrected chi connectivity index (χ4v) is 1.44. The third kappa shape index (κ3) is 2.69. The molecule has 1 aromatic heterocycles. The molecule has 0 atom stereocenters. The summed E-state index contributed by atoms with van der Waals surface area (Å²) in [6, 6.07) is 9.28. The summed E-state index contributed by atoms with van der Waals surface area (Å²) in [5, 5.41) is 10.9. The van der Waals surface area contributed by atoms with Crippen LogP contribution >= 0.6 is 0 Å². The van der Waals surface area contributed by atoms with Crippen LogP contribution in [-0.4, -0.2) is 21.7 Å². The van der Waals surface area contributed by atoms with Crippen molar-refractivity contribution in [1.29, 1.82) is 0 Å². The quantitative estimate of drug-likeness (QED) is 0.837. The van der Waals surface area contributed by atoms with Crippen LogP contribution in [0, 0.1) is 0 Å². The number of H-pyrrole nitrogens is 1. The van der Waals surface area contributed by atoms with E-state index in [-0.39, 0.29) is 5.56 Å². The number of benzene rings is 1. The molecule has 0 saturated heterocycles. The van der Waals surface area contributed by atoms with Gasteiger partial charge in [0.15, 0.2) is 5.69 Å². The molecular formula is C12H14N4O. The molecule has 2 aromatic rings. The molecule has 0 bridgehead atoms. The largest absolute Gasteiger partial charge is 0.354 e. The SMILES string of the molecule is CCCNc1nnc(-c2ccccc2)c(=O)[nH]1. The summed E-state index contributed by atoms with van der Waals surface area (Å²) in [6.45, 7) is 2.80. The molecule has 0 amide bonds. The van der Waals surface area contributed by atoms with Crippen LogP contribution in [-0.2, 0) is 0 Å². The van der Waals surface area contributed by atoms with Crippen LogP contribution in [0.5, 0.6) is 0 Å². The Balaban J connectivity index is 2.30. The van der Waals surface area contributed by atoms with E-state index in [2.05, 4.69) is 20.5 Å². The zero-order valence-corrected chi connectivity index (χ0v) is 9.60. The Hall–Kier alpha value is -2.17. The molecule has 0 aliphatic rings. The van der Waals surface area contributed by atoms with E-state index in [0.29, 0.717) is 11.6 Å². The lowest BCUT2D eigenvalue weighted by atomic mass is 10.2. The summed E-state index contributed by atoms with van der Waals surface area (Å²) in [5.74, 6) is 0.413. The van der Waals surface area contributed by atoms with Crippen molar-refractivity contribution in [2.24, 2.45) is 0 Å². The first-order chi connectivity index (χ1) is 8.31. The van der Waals surface area contributed by atoms with Crippen LogP contribution in [0.3, 0.4) is 0 Å². The molecule has 0 unspecified atom stereocenters. The Kier molecular flexibility index (Phi) is 3.49. The lowest BCUT2D eigenvalue weighted by Gasteiger charge is -2.03. The molecule has 5 heteroatoms. The molecule has 5 nitrogen and oxygen atoms in total. The van der Waals surface area contributed by atoms with E-state index in [9.17, 15) is 4.79 Å². The van der Waals surface area contributed by atoms with Crippen LogP contribution in [0.2, 0.25) is 0 Å². The molecule has 1 heterocycles. The molecule has 0 spiro atoms. The molecule has 0 aliphatic carbocycles. The molecule has 0 aliphatic heterocycles. The van der Waals surface area contributed by atoms with E-state index < -0.39 is 0 Å². The minimum absolute atomic E-state index is 0.232. The lowest BCUT2D eigenvalue weighted by molar-refractivity contribution is 0.902. The third-order valence-corrected chi connectivity index (χ3v) is 2.29. The van der Waals surface area contributed by atoms with E-state index >= 15 is 0 Å². The molecule has 88 valence electrons. The number of hydrogen-bond donors (Lipinski definition) is 2. The summed E-state index contributed by atoms with van der Waals surface area (Å²) in [4.78, 5) is 14.5. The first-order valence-corrected chi connectivity index (χ1v) is 5.57. The van der Waals surface area contributed by atoms with Crippen molar-refractivity contribution in [3.05, 3.63) is 40.7 Å². The topological polar surface area (TPSA) is 70.7 Å². The molecule has 17 heavy (non-hydrogen) atoms. The van der Waals surface area contributed by atoms with Crippen molar-refractivity contribution < 1.29 is 0 Å². The highest BCUT2D eigenvalue weighted by Crippen LogP contribution is 2.10. The van der Waals surface area contributed by atoms with E-state index in [1.807, 2.05) is 37.3 Å². The fourth-order valence-electron chi connectivity index (χ4n) is 1.44. The van der Waals surface area contributed by atoms with Gasteiger partial charge in [-0.1, -0.05) is 37.3 Å². The maximum Gasteiger partial charge on any atom is 0.279 e. The Bertz CT molecular complexity index is 536. The summed E-state index contributed by atoms with van der Waals surface area (Å²) in [7, 11) is 0. The standard InChI is InChI=1S/C12H14N4O/c1-2-8-13-12-14-11(17)10(15-16-12)9-6-4-3-5-7-9/h3-7H,2,8H2,1H3,(H2,13,14,16,17). The number of aromatic amines is 1. The lowest BCUT2D eigenvalue weighted by Crippen LogP contribution is -2.17. The second kappa shape index (κ2) is 5.25. The smallest absolute Gasteiger partial charge is 0.279 e.